The van der Waals surface area contributed by atoms with Crippen molar-refractivity contribution in [1.82, 2.24) is 9.97 Å². The van der Waals surface area contributed by atoms with Crippen LogP contribution in [0.5, 0.6) is 11.5 Å². The van der Waals surface area contributed by atoms with Gasteiger partial charge in [-0.25, -0.2) is 4.98 Å². The molecule has 3 aromatic rings. The van der Waals surface area contributed by atoms with Gasteiger partial charge in [0, 0.05) is 18.9 Å². The molecule has 7 nitrogen and oxygen atoms in total. The number of nitrogens with zero attached hydrogens (tertiary/aromatic N) is 2. The summed E-state index contributed by atoms with van der Waals surface area (Å²) in [5, 5.41) is 6.08. The number of rotatable bonds is 8. The van der Waals surface area contributed by atoms with Gasteiger partial charge in [0.1, 0.15) is 5.82 Å². The van der Waals surface area contributed by atoms with Gasteiger partial charge >= 0.3 is 0 Å². The number of ether oxygens (including phenoxy) is 2. The number of nitrogens with one attached hydrogen (secondary N) is 2. The maximum atomic E-state index is 12.3. The van der Waals surface area contributed by atoms with E-state index < -0.39 is 0 Å². The maximum absolute atomic E-state index is 12.3. The molecule has 1 aromatic carbocycles. The number of amides is 1. The molecule has 0 spiro atoms. The summed E-state index contributed by atoms with van der Waals surface area (Å²) in [5.74, 6) is 1.57. The van der Waals surface area contributed by atoms with Crippen LogP contribution >= 0.6 is 0 Å². The molecule has 0 saturated carbocycles. The second kappa shape index (κ2) is 9.36. The van der Waals surface area contributed by atoms with E-state index in [0.717, 1.165) is 16.8 Å². The Morgan fingerprint density at radius 1 is 0.964 bits per heavy atom. The zero-order chi connectivity index (χ0) is 19.8. The summed E-state index contributed by atoms with van der Waals surface area (Å²) >= 11 is 0. The molecular formula is C21H22N4O3. The van der Waals surface area contributed by atoms with Gasteiger partial charge in [-0.2, -0.15) is 0 Å². The molecule has 0 atom stereocenters. The van der Waals surface area contributed by atoms with Crippen LogP contribution in [0.3, 0.4) is 0 Å². The minimum Gasteiger partial charge on any atom is -0.493 e. The van der Waals surface area contributed by atoms with Gasteiger partial charge in [-0.15, -0.1) is 0 Å². The highest BCUT2D eigenvalue weighted by molar-refractivity contribution is 5.91. The van der Waals surface area contributed by atoms with Gasteiger partial charge in [0.15, 0.2) is 11.5 Å². The van der Waals surface area contributed by atoms with E-state index in [1.165, 1.54) is 0 Å². The highest BCUT2D eigenvalue weighted by Gasteiger charge is 2.09. The van der Waals surface area contributed by atoms with Crippen molar-refractivity contribution in [3.05, 3.63) is 72.2 Å². The number of methoxy groups -OCH3 is 2. The molecular weight excluding hydrogens is 356 g/mol. The Kier molecular flexibility index (Phi) is 6.41. The minimum atomic E-state index is -0.155. The Hall–Kier alpha value is -3.61. The average molecular weight is 378 g/mol. The van der Waals surface area contributed by atoms with Crippen molar-refractivity contribution in [2.45, 2.75) is 13.0 Å². The van der Waals surface area contributed by atoms with Crippen LogP contribution in [0.15, 0.2) is 61.1 Å². The molecule has 0 fully saturated rings. The number of benzene rings is 1. The van der Waals surface area contributed by atoms with Gasteiger partial charge < -0.3 is 20.1 Å². The Morgan fingerprint density at radius 3 is 2.43 bits per heavy atom. The number of carbonyl (C=O) groups is 1. The van der Waals surface area contributed by atoms with Crippen molar-refractivity contribution >= 4 is 17.4 Å². The molecule has 0 unspecified atom stereocenters. The Labute approximate surface area is 163 Å². The lowest BCUT2D eigenvalue weighted by atomic mass is 10.1. The van der Waals surface area contributed by atoms with Crippen LogP contribution in [0, 0.1) is 0 Å². The number of anilines is 2. The first-order chi connectivity index (χ1) is 13.7. The van der Waals surface area contributed by atoms with E-state index in [0.29, 0.717) is 23.9 Å². The third-order valence-electron chi connectivity index (χ3n) is 4.09. The molecule has 2 N–H and O–H groups in total. The second-order valence-corrected chi connectivity index (χ2v) is 6.06. The fourth-order valence-electron chi connectivity index (χ4n) is 2.64. The van der Waals surface area contributed by atoms with E-state index in [-0.39, 0.29) is 12.3 Å². The van der Waals surface area contributed by atoms with Crippen LogP contribution in [0.2, 0.25) is 0 Å². The predicted octanol–water partition coefficient (Wildman–Crippen LogP) is 3.29. The zero-order valence-electron chi connectivity index (χ0n) is 15.8. The van der Waals surface area contributed by atoms with E-state index in [4.69, 9.17) is 9.47 Å². The van der Waals surface area contributed by atoms with Gasteiger partial charge in [-0.05, 0) is 47.5 Å². The molecule has 2 aromatic heterocycles. The van der Waals surface area contributed by atoms with Gasteiger partial charge in [0.2, 0.25) is 5.91 Å². The molecule has 0 aliphatic rings. The minimum absolute atomic E-state index is 0.155. The number of carbonyl (C=O) groups excluding carboxylic acids is 1. The summed E-state index contributed by atoms with van der Waals surface area (Å²) < 4.78 is 10.5. The van der Waals surface area contributed by atoms with Crippen molar-refractivity contribution in [3.63, 3.8) is 0 Å². The third kappa shape index (κ3) is 5.20. The lowest BCUT2D eigenvalue weighted by Crippen LogP contribution is -2.15. The average Bonchev–Trinajstić information content (AvgIpc) is 2.74. The molecule has 0 aliphatic heterocycles. The molecule has 0 radical (unpaired) electrons. The normalized spacial score (nSPS) is 10.2. The van der Waals surface area contributed by atoms with E-state index in [2.05, 4.69) is 20.6 Å². The van der Waals surface area contributed by atoms with E-state index in [9.17, 15) is 4.79 Å². The molecule has 0 aliphatic carbocycles. The van der Waals surface area contributed by atoms with Crippen LogP contribution in [-0.2, 0) is 17.8 Å². The van der Waals surface area contributed by atoms with Crippen LogP contribution in [0.1, 0.15) is 11.1 Å². The van der Waals surface area contributed by atoms with Crippen LogP contribution in [0.4, 0.5) is 11.5 Å². The molecule has 1 amide bonds. The van der Waals surface area contributed by atoms with Crippen LogP contribution in [-0.4, -0.2) is 30.1 Å². The molecule has 144 valence electrons. The molecule has 0 saturated heterocycles. The number of hydrogen-bond acceptors (Lipinski definition) is 6. The highest BCUT2D eigenvalue weighted by atomic mass is 16.5. The van der Waals surface area contributed by atoms with E-state index >= 15 is 0 Å². The lowest BCUT2D eigenvalue weighted by Gasteiger charge is -2.10. The molecule has 7 heteroatoms. The van der Waals surface area contributed by atoms with Gasteiger partial charge in [0.25, 0.3) is 0 Å². The number of aromatic nitrogens is 2. The van der Waals surface area contributed by atoms with Crippen molar-refractivity contribution < 1.29 is 14.3 Å². The van der Waals surface area contributed by atoms with Crippen molar-refractivity contribution in [1.29, 1.82) is 0 Å². The smallest absolute Gasteiger partial charge is 0.229 e. The van der Waals surface area contributed by atoms with Gasteiger partial charge in [-0.3, -0.25) is 9.78 Å². The largest absolute Gasteiger partial charge is 0.493 e. The van der Waals surface area contributed by atoms with Crippen molar-refractivity contribution in [2.24, 2.45) is 0 Å². The summed E-state index contributed by atoms with van der Waals surface area (Å²) in [7, 11) is 3.14. The Balaban J connectivity index is 1.54. The zero-order valence-corrected chi connectivity index (χ0v) is 15.8. The topological polar surface area (TPSA) is 85.4 Å². The number of pyridine rings is 2. The summed E-state index contributed by atoms with van der Waals surface area (Å²) in [4.78, 5) is 20.6. The Bertz CT molecular complexity index is 915. The number of hydrogen-bond donors (Lipinski definition) is 2. The first-order valence-electron chi connectivity index (χ1n) is 8.77. The molecule has 0 bridgehead atoms. The molecule has 28 heavy (non-hydrogen) atoms. The third-order valence-corrected chi connectivity index (χ3v) is 4.09. The Morgan fingerprint density at radius 2 is 1.75 bits per heavy atom. The van der Waals surface area contributed by atoms with Crippen molar-refractivity contribution in [2.75, 3.05) is 24.9 Å². The SMILES string of the molecule is COc1ccc(CC(=O)Nc2ccc(NCc3ccncc3)cn2)cc1OC. The maximum Gasteiger partial charge on any atom is 0.229 e. The van der Waals surface area contributed by atoms with Gasteiger partial charge in [-0.1, -0.05) is 6.07 Å². The van der Waals surface area contributed by atoms with E-state index in [1.54, 1.807) is 51.0 Å². The predicted molar refractivity (Wildman–Crippen MR) is 108 cm³/mol. The summed E-state index contributed by atoms with van der Waals surface area (Å²) in [6.07, 6.45) is 5.41. The quantitative estimate of drug-likeness (QED) is 0.626. The first-order valence-corrected chi connectivity index (χ1v) is 8.77. The molecule has 2 heterocycles. The fourth-order valence-corrected chi connectivity index (χ4v) is 2.64. The van der Waals surface area contributed by atoms with Crippen molar-refractivity contribution in [3.8, 4) is 11.5 Å². The van der Waals surface area contributed by atoms with Gasteiger partial charge in [0.05, 0.1) is 32.5 Å². The standard InChI is InChI=1S/C21H22N4O3/c1-27-18-5-3-16(11-19(18)28-2)12-21(26)25-20-6-4-17(14-24-20)23-13-15-7-9-22-10-8-15/h3-11,14,23H,12-13H2,1-2H3,(H,24,25,26). The second-order valence-electron chi connectivity index (χ2n) is 6.06. The monoisotopic (exact) mass is 378 g/mol. The van der Waals surface area contributed by atoms with Crippen LogP contribution in [0.25, 0.3) is 0 Å². The fraction of sp³-hybridized carbons (Fsp3) is 0.190. The summed E-state index contributed by atoms with van der Waals surface area (Å²) in [5.41, 5.74) is 2.82. The summed E-state index contributed by atoms with van der Waals surface area (Å²) in [6.45, 7) is 0.676. The van der Waals surface area contributed by atoms with Crippen LogP contribution < -0.4 is 20.1 Å². The van der Waals surface area contributed by atoms with E-state index in [1.807, 2.05) is 24.3 Å². The molecule has 3 rings (SSSR count). The summed E-state index contributed by atoms with van der Waals surface area (Å²) in [6, 6.07) is 12.9. The highest BCUT2D eigenvalue weighted by Crippen LogP contribution is 2.27. The first kappa shape index (κ1) is 19.2. The lowest BCUT2D eigenvalue weighted by molar-refractivity contribution is -0.115.